The van der Waals surface area contributed by atoms with E-state index >= 15 is 0 Å². The first-order valence-corrected chi connectivity index (χ1v) is 8.26. The number of hydrogen-bond donors (Lipinski definition) is 2. The second-order valence-electron chi connectivity index (χ2n) is 4.10. The van der Waals surface area contributed by atoms with Crippen molar-refractivity contribution in [2.75, 3.05) is 5.32 Å². The highest BCUT2D eigenvalue weighted by molar-refractivity contribution is 9.11. The fourth-order valence-electron chi connectivity index (χ4n) is 1.84. The molecule has 1 aromatic carbocycles. The SMILES string of the molecule is O=c1[nH]c(CNc2c(Br)cccc2Br)nc2ccsc12. The van der Waals surface area contributed by atoms with Gasteiger partial charge in [0.1, 0.15) is 10.5 Å². The van der Waals surface area contributed by atoms with Crippen molar-refractivity contribution < 1.29 is 0 Å². The van der Waals surface area contributed by atoms with E-state index < -0.39 is 0 Å². The minimum atomic E-state index is -0.0898. The molecule has 0 saturated carbocycles. The van der Waals surface area contributed by atoms with Gasteiger partial charge in [-0.25, -0.2) is 4.98 Å². The number of aromatic nitrogens is 2. The Hall–Kier alpha value is -1.18. The van der Waals surface area contributed by atoms with Crippen LogP contribution < -0.4 is 10.9 Å². The van der Waals surface area contributed by atoms with Crippen LogP contribution in [0.1, 0.15) is 5.82 Å². The third-order valence-corrected chi connectivity index (χ3v) is 4.98. The fraction of sp³-hybridized carbons (Fsp3) is 0.0769. The van der Waals surface area contributed by atoms with Crippen LogP contribution in [-0.2, 0) is 6.54 Å². The van der Waals surface area contributed by atoms with E-state index in [2.05, 4.69) is 47.1 Å². The van der Waals surface area contributed by atoms with Crippen LogP contribution in [0.25, 0.3) is 10.2 Å². The topological polar surface area (TPSA) is 57.8 Å². The Balaban J connectivity index is 1.88. The zero-order valence-corrected chi connectivity index (χ0v) is 14.1. The van der Waals surface area contributed by atoms with Crippen molar-refractivity contribution in [2.24, 2.45) is 0 Å². The normalized spacial score (nSPS) is 10.9. The molecule has 3 rings (SSSR count). The van der Waals surface area contributed by atoms with E-state index in [9.17, 15) is 4.79 Å². The van der Waals surface area contributed by atoms with Crippen LogP contribution in [0.4, 0.5) is 5.69 Å². The molecule has 2 heterocycles. The second-order valence-corrected chi connectivity index (χ2v) is 6.72. The number of rotatable bonds is 3. The summed E-state index contributed by atoms with van der Waals surface area (Å²) in [6.45, 7) is 0.447. The molecular formula is C13H9Br2N3OS. The average Bonchev–Trinajstić information content (AvgIpc) is 2.87. The highest BCUT2D eigenvalue weighted by atomic mass is 79.9. The summed E-state index contributed by atoms with van der Waals surface area (Å²) in [4.78, 5) is 19.1. The van der Waals surface area contributed by atoms with E-state index in [1.807, 2.05) is 29.6 Å². The Morgan fingerprint density at radius 3 is 2.75 bits per heavy atom. The second kappa shape index (κ2) is 5.67. The number of H-pyrrole nitrogens is 1. The van der Waals surface area contributed by atoms with Crippen molar-refractivity contribution in [1.29, 1.82) is 0 Å². The lowest BCUT2D eigenvalue weighted by molar-refractivity contribution is 0.954. The van der Waals surface area contributed by atoms with E-state index in [4.69, 9.17) is 0 Å². The molecule has 4 nitrogen and oxygen atoms in total. The number of anilines is 1. The molecule has 0 atom stereocenters. The number of halogens is 2. The Morgan fingerprint density at radius 1 is 1.25 bits per heavy atom. The van der Waals surface area contributed by atoms with E-state index in [1.54, 1.807) is 0 Å². The first-order valence-electron chi connectivity index (χ1n) is 5.79. The van der Waals surface area contributed by atoms with Crippen LogP contribution in [0.15, 0.2) is 43.4 Å². The lowest BCUT2D eigenvalue weighted by atomic mass is 10.3. The van der Waals surface area contributed by atoms with Gasteiger partial charge < -0.3 is 10.3 Å². The molecule has 102 valence electrons. The summed E-state index contributed by atoms with van der Waals surface area (Å²) in [6, 6.07) is 7.70. The first-order chi connectivity index (χ1) is 9.65. The summed E-state index contributed by atoms with van der Waals surface area (Å²) in [5.74, 6) is 0.614. The van der Waals surface area contributed by atoms with E-state index in [0.29, 0.717) is 17.1 Å². The molecule has 2 N–H and O–H groups in total. The summed E-state index contributed by atoms with van der Waals surface area (Å²) in [7, 11) is 0. The van der Waals surface area contributed by atoms with Crippen molar-refractivity contribution in [3.05, 3.63) is 54.8 Å². The predicted molar refractivity (Wildman–Crippen MR) is 89.4 cm³/mol. The van der Waals surface area contributed by atoms with Crippen molar-refractivity contribution in [3.63, 3.8) is 0 Å². The van der Waals surface area contributed by atoms with Gasteiger partial charge in [0.05, 0.1) is 17.7 Å². The number of hydrogen-bond acceptors (Lipinski definition) is 4. The predicted octanol–water partition coefficient (Wildman–Crippen LogP) is 4.12. The van der Waals surface area contributed by atoms with Crippen LogP contribution in [-0.4, -0.2) is 9.97 Å². The molecule has 3 aromatic rings. The van der Waals surface area contributed by atoms with Crippen LogP contribution >= 0.6 is 43.2 Å². The number of nitrogens with one attached hydrogen (secondary N) is 2. The fourth-order valence-corrected chi connectivity index (χ4v) is 3.85. The molecule has 0 aliphatic heterocycles. The average molecular weight is 415 g/mol. The molecule has 0 unspecified atom stereocenters. The van der Waals surface area contributed by atoms with Gasteiger partial charge in [-0.15, -0.1) is 11.3 Å². The van der Waals surface area contributed by atoms with Gasteiger partial charge in [0.2, 0.25) is 0 Å². The van der Waals surface area contributed by atoms with Gasteiger partial charge in [0.25, 0.3) is 5.56 Å². The molecule has 7 heteroatoms. The highest BCUT2D eigenvalue weighted by Gasteiger charge is 2.07. The van der Waals surface area contributed by atoms with Crippen molar-refractivity contribution in [3.8, 4) is 0 Å². The van der Waals surface area contributed by atoms with E-state index in [-0.39, 0.29) is 5.56 Å². The zero-order valence-electron chi connectivity index (χ0n) is 10.1. The molecule has 0 bridgehead atoms. The number of nitrogens with zero attached hydrogens (tertiary/aromatic N) is 1. The standard InChI is InChI=1S/C13H9Br2N3OS/c14-7-2-1-3-8(15)11(7)16-6-10-17-9-4-5-20-12(9)13(19)18-10/h1-5,16H,6H2,(H,17,18,19). The number of thiophene rings is 1. The molecule has 0 saturated heterocycles. The van der Waals surface area contributed by atoms with Gasteiger partial charge in [-0.1, -0.05) is 6.07 Å². The maximum absolute atomic E-state index is 11.9. The third-order valence-electron chi connectivity index (χ3n) is 2.76. The summed E-state index contributed by atoms with van der Waals surface area (Å²) in [6.07, 6.45) is 0. The van der Waals surface area contributed by atoms with Crippen LogP contribution in [0.2, 0.25) is 0 Å². The van der Waals surface area contributed by atoms with Crippen molar-refractivity contribution >= 4 is 59.1 Å². The first kappa shape index (κ1) is 13.8. The van der Waals surface area contributed by atoms with Gasteiger partial charge >= 0.3 is 0 Å². The molecule has 0 aliphatic rings. The Labute approximate surface area is 135 Å². The molecule has 0 amide bonds. The van der Waals surface area contributed by atoms with Gasteiger partial charge in [0, 0.05) is 8.95 Å². The molecule has 0 aliphatic carbocycles. The van der Waals surface area contributed by atoms with Crippen molar-refractivity contribution in [2.45, 2.75) is 6.54 Å². The van der Waals surface area contributed by atoms with Gasteiger partial charge in [-0.05, 0) is 55.4 Å². The van der Waals surface area contributed by atoms with Crippen LogP contribution in [0.3, 0.4) is 0 Å². The monoisotopic (exact) mass is 413 g/mol. The third kappa shape index (κ3) is 2.65. The largest absolute Gasteiger partial charge is 0.376 e. The van der Waals surface area contributed by atoms with Crippen LogP contribution in [0.5, 0.6) is 0 Å². The molecule has 2 aromatic heterocycles. The smallest absolute Gasteiger partial charge is 0.268 e. The zero-order chi connectivity index (χ0) is 14.1. The summed E-state index contributed by atoms with van der Waals surface area (Å²) < 4.78 is 2.56. The number of para-hydroxylation sites is 1. The number of benzene rings is 1. The van der Waals surface area contributed by atoms with Gasteiger partial charge in [-0.2, -0.15) is 0 Å². The minimum Gasteiger partial charge on any atom is -0.376 e. The van der Waals surface area contributed by atoms with Gasteiger partial charge in [0.15, 0.2) is 0 Å². The quantitative estimate of drug-likeness (QED) is 0.677. The Kier molecular flexibility index (Phi) is 3.91. The summed E-state index contributed by atoms with van der Waals surface area (Å²) in [5.41, 5.74) is 1.58. The lowest BCUT2D eigenvalue weighted by Gasteiger charge is -2.10. The molecule has 0 fully saturated rings. The summed E-state index contributed by atoms with van der Waals surface area (Å²) in [5, 5.41) is 5.13. The maximum Gasteiger partial charge on any atom is 0.268 e. The summed E-state index contributed by atoms with van der Waals surface area (Å²) >= 11 is 8.37. The minimum absolute atomic E-state index is 0.0898. The maximum atomic E-state index is 11.9. The number of fused-ring (bicyclic) bond motifs is 1. The molecule has 0 radical (unpaired) electrons. The van der Waals surface area contributed by atoms with Gasteiger partial charge in [-0.3, -0.25) is 4.79 Å². The molecular weight excluding hydrogens is 406 g/mol. The Morgan fingerprint density at radius 2 is 2.00 bits per heavy atom. The lowest BCUT2D eigenvalue weighted by Crippen LogP contribution is -2.13. The van der Waals surface area contributed by atoms with E-state index in [1.165, 1.54) is 11.3 Å². The molecule has 0 spiro atoms. The van der Waals surface area contributed by atoms with E-state index in [0.717, 1.165) is 20.1 Å². The van der Waals surface area contributed by atoms with Crippen molar-refractivity contribution in [1.82, 2.24) is 9.97 Å². The van der Waals surface area contributed by atoms with Crippen LogP contribution in [0, 0.1) is 0 Å². The number of aromatic amines is 1. The molecule has 20 heavy (non-hydrogen) atoms. The Bertz CT molecular complexity index is 808. The highest BCUT2D eigenvalue weighted by Crippen LogP contribution is 2.30.